The summed E-state index contributed by atoms with van der Waals surface area (Å²) in [5.41, 5.74) is 2.88. The molecule has 1 aromatic carbocycles. The van der Waals surface area contributed by atoms with Crippen LogP contribution in [0.25, 0.3) is 0 Å². The van der Waals surface area contributed by atoms with Crippen LogP contribution in [0, 0.1) is 0 Å². The van der Waals surface area contributed by atoms with Gasteiger partial charge >= 0.3 is 12.1 Å². The van der Waals surface area contributed by atoms with Crippen LogP contribution in [0.2, 0.25) is 9.36 Å². The highest BCUT2D eigenvalue weighted by Gasteiger charge is 2.50. The smallest absolute Gasteiger partial charge is 0.322 e. The fraction of sp³-hybridized carbons (Fsp3) is 0.312. The number of hydrogen-bond donors (Lipinski definition) is 3. The van der Waals surface area contributed by atoms with E-state index in [9.17, 15) is 9.59 Å². The molecule has 3 N–H and O–H groups in total. The van der Waals surface area contributed by atoms with E-state index >= 15 is 0 Å². The monoisotopic (exact) mass is 427 g/mol. The van der Waals surface area contributed by atoms with Gasteiger partial charge in [0.05, 0.1) is 6.20 Å². The first kappa shape index (κ1) is 18.3. The molecule has 2 aromatic rings. The van der Waals surface area contributed by atoms with E-state index in [1.54, 1.807) is 22.5 Å². The van der Waals surface area contributed by atoms with Crippen molar-refractivity contribution in [1.29, 1.82) is 0 Å². The number of urea groups is 2. The number of halogens is 2. The fourth-order valence-electron chi connectivity index (χ4n) is 3.76. The molecule has 2 aliphatic heterocycles. The van der Waals surface area contributed by atoms with Crippen molar-refractivity contribution in [2.75, 3.05) is 29.9 Å². The Kier molecular flexibility index (Phi) is 4.63. The zero-order chi connectivity index (χ0) is 19.2. The van der Waals surface area contributed by atoms with Crippen molar-refractivity contribution >= 4 is 57.4 Å². The lowest BCUT2D eigenvalue weighted by atomic mass is 9.81. The molecule has 0 saturated carbocycles. The van der Waals surface area contributed by atoms with Gasteiger partial charge in [0.2, 0.25) is 0 Å². The zero-order valence-corrected chi connectivity index (χ0v) is 16.2. The summed E-state index contributed by atoms with van der Waals surface area (Å²) in [6, 6.07) is 4.48. The molecule has 2 aliphatic rings. The number of amides is 4. The molecule has 11 heteroatoms. The van der Waals surface area contributed by atoms with E-state index in [1.165, 1.54) is 22.4 Å². The summed E-state index contributed by atoms with van der Waals surface area (Å²) in [7, 11) is 0. The molecule has 1 atom stereocenters. The predicted molar refractivity (Wildman–Crippen MR) is 103 cm³/mol. The summed E-state index contributed by atoms with van der Waals surface area (Å²) < 4.78 is 0.483. The van der Waals surface area contributed by atoms with Crippen molar-refractivity contribution in [2.45, 2.75) is 11.8 Å². The van der Waals surface area contributed by atoms with Crippen LogP contribution in [0.3, 0.4) is 0 Å². The predicted octanol–water partition coefficient (Wildman–Crippen LogP) is 3.54. The number of likely N-dealkylation sites (tertiary alicyclic amines) is 1. The van der Waals surface area contributed by atoms with Gasteiger partial charge in [-0.05, 0) is 30.2 Å². The molecule has 0 radical (unpaired) electrons. The van der Waals surface area contributed by atoms with E-state index in [-0.39, 0.29) is 6.03 Å². The summed E-state index contributed by atoms with van der Waals surface area (Å²) in [5, 5.41) is 12.6. The fourth-order valence-corrected chi connectivity index (χ4v) is 4.73. The standard InChI is InChI=1S/C16H15Cl2N5O3S/c17-9-1-2-11-10(5-9)16(3-4-22(7-16)15(25)21-26)8-23(11)14(24)20-13-19-6-12(18)27-13/h1-2,5-6,26H,3-4,7-8H2,(H,21,25)(H,19,20,24). The van der Waals surface area contributed by atoms with E-state index in [1.807, 2.05) is 6.07 Å². The van der Waals surface area contributed by atoms with Crippen molar-refractivity contribution in [3.05, 3.63) is 39.3 Å². The maximum absolute atomic E-state index is 12.9. The quantitative estimate of drug-likeness (QED) is 0.478. The third-order valence-electron chi connectivity index (χ3n) is 4.95. The van der Waals surface area contributed by atoms with Gasteiger partial charge in [0.15, 0.2) is 5.13 Å². The molecule has 4 amide bonds. The first-order valence-corrected chi connectivity index (χ1v) is 9.68. The van der Waals surface area contributed by atoms with Crippen LogP contribution < -0.4 is 15.7 Å². The number of hydrogen-bond acceptors (Lipinski definition) is 5. The van der Waals surface area contributed by atoms with Gasteiger partial charge < -0.3 is 4.90 Å². The molecular formula is C16H15Cl2N5O3S. The van der Waals surface area contributed by atoms with E-state index in [4.69, 9.17) is 28.4 Å². The van der Waals surface area contributed by atoms with Gasteiger partial charge in [0, 0.05) is 35.8 Å². The van der Waals surface area contributed by atoms with Crippen molar-refractivity contribution in [3.8, 4) is 0 Å². The third kappa shape index (κ3) is 3.20. The highest BCUT2D eigenvalue weighted by molar-refractivity contribution is 7.19. The Bertz CT molecular complexity index is 923. The Morgan fingerprint density at radius 3 is 2.78 bits per heavy atom. The van der Waals surface area contributed by atoms with Crippen molar-refractivity contribution in [3.63, 3.8) is 0 Å². The van der Waals surface area contributed by atoms with Crippen molar-refractivity contribution in [1.82, 2.24) is 15.4 Å². The van der Waals surface area contributed by atoms with Crippen LogP contribution in [0.5, 0.6) is 0 Å². The second-order valence-electron chi connectivity index (χ2n) is 6.52. The largest absolute Gasteiger partial charge is 0.341 e. The number of carbonyl (C=O) groups is 2. The zero-order valence-electron chi connectivity index (χ0n) is 13.9. The van der Waals surface area contributed by atoms with Crippen molar-refractivity contribution in [2.24, 2.45) is 0 Å². The number of carbonyl (C=O) groups excluding carboxylic acids is 2. The Morgan fingerprint density at radius 2 is 2.07 bits per heavy atom. The molecule has 0 aliphatic carbocycles. The highest BCUT2D eigenvalue weighted by Crippen LogP contribution is 2.47. The Balaban J connectivity index is 1.64. The molecule has 142 valence electrons. The number of hydroxylamine groups is 1. The SMILES string of the molecule is O=C(NO)N1CCC2(C1)CN(C(=O)Nc1ncc(Cl)s1)c1ccc(Cl)cc12. The molecule has 4 rings (SSSR count). The Morgan fingerprint density at radius 1 is 1.26 bits per heavy atom. The molecule has 0 bridgehead atoms. The van der Waals surface area contributed by atoms with Crippen LogP contribution in [-0.2, 0) is 5.41 Å². The molecule has 1 fully saturated rings. The number of fused-ring (bicyclic) bond motifs is 2. The lowest BCUT2D eigenvalue weighted by Gasteiger charge is -2.25. The summed E-state index contributed by atoms with van der Waals surface area (Å²) in [6.45, 7) is 1.23. The van der Waals surface area contributed by atoms with Gasteiger partial charge in [-0.1, -0.05) is 34.5 Å². The molecule has 1 unspecified atom stereocenters. The van der Waals surface area contributed by atoms with Crippen LogP contribution in [0.1, 0.15) is 12.0 Å². The molecular weight excluding hydrogens is 413 g/mol. The number of aromatic nitrogens is 1. The van der Waals surface area contributed by atoms with Gasteiger partial charge in [-0.25, -0.2) is 20.1 Å². The minimum absolute atomic E-state index is 0.327. The van der Waals surface area contributed by atoms with Crippen LogP contribution in [0.15, 0.2) is 24.4 Å². The van der Waals surface area contributed by atoms with Gasteiger partial charge in [0.1, 0.15) is 4.34 Å². The average Bonchev–Trinajstić information content (AvgIpc) is 3.34. The summed E-state index contributed by atoms with van der Waals surface area (Å²) in [6.07, 6.45) is 2.13. The maximum atomic E-state index is 12.9. The van der Waals surface area contributed by atoms with Crippen LogP contribution >= 0.6 is 34.5 Å². The van der Waals surface area contributed by atoms with Crippen LogP contribution in [0.4, 0.5) is 20.4 Å². The van der Waals surface area contributed by atoms with Crippen LogP contribution in [-0.4, -0.2) is 46.8 Å². The average molecular weight is 428 g/mol. The third-order valence-corrected chi connectivity index (χ3v) is 6.22. The van der Waals surface area contributed by atoms with E-state index in [2.05, 4.69) is 10.3 Å². The maximum Gasteiger partial charge on any atom is 0.341 e. The lowest BCUT2D eigenvalue weighted by molar-refractivity contribution is 0.134. The van der Waals surface area contributed by atoms with Gasteiger partial charge in [0.25, 0.3) is 0 Å². The molecule has 1 spiro atoms. The summed E-state index contributed by atoms with van der Waals surface area (Å²) in [5.74, 6) is 0. The summed E-state index contributed by atoms with van der Waals surface area (Å²) in [4.78, 5) is 31.9. The lowest BCUT2D eigenvalue weighted by Crippen LogP contribution is -2.43. The normalized spacial score (nSPS) is 20.9. The minimum atomic E-state index is -0.559. The minimum Gasteiger partial charge on any atom is -0.322 e. The first-order valence-electron chi connectivity index (χ1n) is 8.11. The van der Waals surface area contributed by atoms with Gasteiger partial charge in [-0.3, -0.25) is 15.4 Å². The van der Waals surface area contributed by atoms with E-state index < -0.39 is 11.4 Å². The second-order valence-corrected chi connectivity index (χ2v) is 8.61. The summed E-state index contributed by atoms with van der Waals surface area (Å²) >= 11 is 13.2. The number of benzene rings is 1. The first-order chi connectivity index (χ1) is 12.9. The van der Waals surface area contributed by atoms with Gasteiger partial charge in [-0.2, -0.15) is 0 Å². The highest BCUT2D eigenvalue weighted by atomic mass is 35.5. The Hall–Kier alpha value is -2.07. The molecule has 3 heterocycles. The number of nitrogens with one attached hydrogen (secondary N) is 2. The Labute approximate surface area is 168 Å². The molecule has 1 aromatic heterocycles. The van der Waals surface area contributed by atoms with E-state index in [0.717, 1.165) is 11.3 Å². The molecule has 8 nitrogen and oxygen atoms in total. The van der Waals surface area contributed by atoms with Gasteiger partial charge in [-0.15, -0.1) is 0 Å². The number of nitrogens with zero attached hydrogens (tertiary/aromatic N) is 3. The second kappa shape index (κ2) is 6.83. The van der Waals surface area contributed by atoms with E-state index in [0.29, 0.717) is 40.5 Å². The number of thiazole rings is 1. The molecule has 27 heavy (non-hydrogen) atoms. The topological polar surface area (TPSA) is 97.8 Å². The molecule has 1 saturated heterocycles. The van der Waals surface area contributed by atoms with Crippen molar-refractivity contribution < 1.29 is 14.8 Å². The number of anilines is 2. The number of rotatable bonds is 1.